The van der Waals surface area contributed by atoms with Gasteiger partial charge in [0.15, 0.2) is 0 Å². The van der Waals surface area contributed by atoms with Gasteiger partial charge in [-0.2, -0.15) is 0 Å². The van der Waals surface area contributed by atoms with Crippen LogP contribution in [0.25, 0.3) is 0 Å². The van der Waals surface area contributed by atoms with Crippen molar-refractivity contribution in [2.75, 3.05) is 0 Å². The largest absolute Gasteiger partial charge is 0.330 e. The monoisotopic (exact) mass is 338 g/mol. The van der Waals surface area contributed by atoms with E-state index in [0.29, 0.717) is 0 Å². The summed E-state index contributed by atoms with van der Waals surface area (Å²) in [7, 11) is 0. The maximum Gasteiger partial charge on any atom is 0.0954 e. The molecule has 3 rings (SSSR count). The zero-order valence-electron chi connectivity index (χ0n) is 9.69. The van der Waals surface area contributed by atoms with Crippen LogP contribution in [0.15, 0.2) is 30.6 Å². The molecule has 1 aliphatic carbocycles. The molecule has 1 aromatic heterocycles. The topological polar surface area (TPSA) is 17.8 Å². The molecule has 1 heterocycles. The quantitative estimate of drug-likeness (QED) is 0.768. The summed E-state index contributed by atoms with van der Waals surface area (Å²) in [5.41, 5.74) is 4.13. The first-order chi connectivity index (χ1) is 8.33. The Morgan fingerprint density at radius 1 is 1.12 bits per heavy atom. The average Bonchev–Trinajstić information content (AvgIpc) is 2.76. The SMILES string of the molecule is Ic1ccc(Cn2cnc3c2CCCC3)cc1. The van der Waals surface area contributed by atoms with Gasteiger partial charge in [-0.25, -0.2) is 4.98 Å². The third-order valence-electron chi connectivity index (χ3n) is 3.38. The Hall–Kier alpha value is -0.840. The molecule has 0 unspecified atom stereocenters. The van der Waals surface area contributed by atoms with Gasteiger partial charge in [0, 0.05) is 15.8 Å². The van der Waals surface area contributed by atoms with E-state index in [1.165, 1.54) is 39.8 Å². The number of hydrogen-bond donors (Lipinski definition) is 0. The van der Waals surface area contributed by atoms with E-state index in [0.717, 1.165) is 13.0 Å². The first-order valence-corrected chi connectivity index (χ1v) is 7.18. The molecule has 2 nitrogen and oxygen atoms in total. The predicted molar refractivity (Wildman–Crippen MR) is 77.1 cm³/mol. The van der Waals surface area contributed by atoms with Gasteiger partial charge < -0.3 is 4.57 Å². The van der Waals surface area contributed by atoms with Crippen LogP contribution < -0.4 is 0 Å². The number of rotatable bonds is 2. The van der Waals surface area contributed by atoms with Crippen LogP contribution in [0, 0.1) is 3.57 Å². The second-order valence-corrected chi connectivity index (χ2v) is 5.85. The molecule has 0 N–H and O–H groups in total. The van der Waals surface area contributed by atoms with Crippen molar-refractivity contribution in [1.29, 1.82) is 0 Å². The molecule has 0 saturated heterocycles. The fourth-order valence-corrected chi connectivity index (χ4v) is 2.81. The van der Waals surface area contributed by atoms with Crippen molar-refractivity contribution in [1.82, 2.24) is 9.55 Å². The number of fused-ring (bicyclic) bond motifs is 1. The molecule has 17 heavy (non-hydrogen) atoms. The Bertz CT molecular complexity index is 514. The van der Waals surface area contributed by atoms with Crippen molar-refractivity contribution in [2.24, 2.45) is 0 Å². The zero-order chi connectivity index (χ0) is 11.7. The van der Waals surface area contributed by atoms with E-state index in [-0.39, 0.29) is 0 Å². The van der Waals surface area contributed by atoms with E-state index in [2.05, 4.69) is 56.4 Å². The van der Waals surface area contributed by atoms with Gasteiger partial charge in [0.1, 0.15) is 0 Å². The molecule has 2 aromatic rings. The molecule has 88 valence electrons. The van der Waals surface area contributed by atoms with E-state index in [4.69, 9.17) is 0 Å². The number of aryl methyl sites for hydroxylation is 1. The van der Waals surface area contributed by atoms with E-state index in [1.54, 1.807) is 0 Å². The lowest BCUT2D eigenvalue weighted by molar-refractivity contribution is 0.628. The predicted octanol–water partition coefficient (Wildman–Crippen LogP) is 3.41. The average molecular weight is 338 g/mol. The Labute approximate surface area is 115 Å². The molecule has 1 aromatic carbocycles. The summed E-state index contributed by atoms with van der Waals surface area (Å²) in [6, 6.07) is 8.74. The van der Waals surface area contributed by atoms with Crippen molar-refractivity contribution in [3.8, 4) is 0 Å². The molecule has 0 atom stereocenters. The number of imidazole rings is 1. The van der Waals surface area contributed by atoms with Crippen LogP contribution in [0.3, 0.4) is 0 Å². The van der Waals surface area contributed by atoms with Gasteiger partial charge in [-0.15, -0.1) is 0 Å². The Morgan fingerprint density at radius 2 is 1.88 bits per heavy atom. The minimum absolute atomic E-state index is 0.958. The van der Waals surface area contributed by atoms with Crippen molar-refractivity contribution in [3.05, 3.63) is 51.1 Å². The maximum absolute atomic E-state index is 4.53. The lowest BCUT2D eigenvalue weighted by Crippen LogP contribution is -2.08. The molecule has 0 aliphatic heterocycles. The standard InChI is InChI=1S/C14H15IN2/c15-12-7-5-11(6-8-12)9-17-10-16-13-3-1-2-4-14(13)17/h5-8,10H,1-4,9H2. The number of benzene rings is 1. The summed E-state index contributed by atoms with van der Waals surface area (Å²) in [6.07, 6.45) is 6.97. The molecule has 0 bridgehead atoms. The number of hydrogen-bond acceptors (Lipinski definition) is 1. The summed E-state index contributed by atoms with van der Waals surface area (Å²) < 4.78 is 3.61. The minimum atomic E-state index is 0.958. The third-order valence-corrected chi connectivity index (χ3v) is 4.10. The van der Waals surface area contributed by atoms with Crippen molar-refractivity contribution in [2.45, 2.75) is 32.2 Å². The highest BCUT2D eigenvalue weighted by Crippen LogP contribution is 2.20. The summed E-state index contributed by atoms with van der Waals surface area (Å²) in [6.45, 7) is 0.958. The zero-order valence-corrected chi connectivity index (χ0v) is 11.9. The second-order valence-electron chi connectivity index (χ2n) is 4.60. The number of aromatic nitrogens is 2. The molecule has 0 saturated carbocycles. The van der Waals surface area contributed by atoms with Gasteiger partial charge >= 0.3 is 0 Å². The van der Waals surface area contributed by atoms with Gasteiger partial charge in [-0.05, 0) is 66.0 Å². The highest BCUT2D eigenvalue weighted by atomic mass is 127. The molecule has 0 radical (unpaired) electrons. The minimum Gasteiger partial charge on any atom is -0.330 e. The fourth-order valence-electron chi connectivity index (χ4n) is 2.45. The molecule has 0 amide bonds. The van der Waals surface area contributed by atoms with E-state index in [9.17, 15) is 0 Å². The normalized spacial score (nSPS) is 14.6. The van der Waals surface area contributed by atoms with E-state index >= 15 is 0 Å². The van der Waals surface area contributed by atoms with Gasteiger partial charge in [-0.1, -0.05) is 12.1 Å². The Morgan fingerprint density at radius 3 is 2.71 bits per heavy atom. The van der Waals surface area contributed by atoms with Gasteiger partial charge in [0.25, 0.3) is 0 Å². The summed E-state index contributed by atoms with van der Waals surface area (Å²) in [4.78, 5) is 4.53. The molecule has 1 aliphatic rings. The van der Waals surface area contributed by atoms with Crippen molar-refractivity contribution < 1.29 is 0 Å². The van der Waals surface area contributed by atoms with Crippen LogP contribution in [-0.4, -0.2) is 9.55 Å². The van der Waals surface area contributed by atoms with Crippen LogP contribution >= 0.6 is 22.6 Å². The second kappa shape index (κ2) is 4.80. The van der Waals surface area contributed by atoms with Gasteiger partial charge in [-0.3, -0.25) is 0 Å². The molecule has 0 fully saturated rings. The summed E-state index contributed by atoms with van der Waals surface area (Å²) in [5, 5.41) is 0. The van der Waals surface area contributed by atoms with Crippen LogP contribution in [0.4, 0.5) is 0 Å². The van der Waals surface area contributed by atoms with Gasteiger partial charge in [0.2, 0.25) is 0 Å². The maximum atomic E-state index is 4.53. The summed E-state index contributed by atoms with van der Waals surface area (Å²) in [5.74, 6) is 0. The lowest BCUT2D eigenvalue weighted by Gasteiger charge is -2.14. The highest BCUT2D eigenvalue weighted by Gasteiger charge is 2.14. The van der Waals surface area contributed by atoms with Crippen molar-refractivity contribution >= 4 is 22.6 Å². The smallest absolute Gasteiger partial charge is 0.0954 e. The lowest BCUT2D eigenvalue weighted by atomic mass is 10.0. The summed E-state index contributed by atoms with van der Waals surface area (Å²) >= 11 is 2.34. The molecule has 3 heteroatoms. The number of halogens is 1. The van der Waals surface area contributed by atoms with E-state index < -0.39 is 0 Å². The Balaban J connectivity index is 1.85. The van der Waals surface area contributed by atoms with E-state index in [1.807, 2.05) is 6.33 Å². The first-order valence-electron chi connectivity index (χ1n) is 6.10. The fraction of sp³-hybridized carbons (Fsp3) is 0.357. The van der Waals surface area contributed by atoms with Crippen LogP contribution in [-0.2, 0) is 19.4 Å². The first kappa shape index (κ1) is 11.3. The number of nitrogens with zero attached hydrogens (tertiary/aromatic N) is 2. The highest BCUT2D eigenvalue weighted by molar-refractivity contribution is 14.1. The van der Waals surface area contributed by atoms with Crippen molar-refractivity contribution in [3.63, 3.8) is 0 Å². The van der Waals surface area contributed by atoms with Crippen LogP contribution in [0.5, 0.6) is 0 Å². The van der Waals surface area contributed by atoms with Gasteiger partial charge in [0.05, 0.1) is 12.0 Å². The molecule has 0 spiro atoms. The third kappa shape index (κ3) is 2.39. The Kier molecular flexibility index (Phi) is 3.18. The molecular weight excluding hydrogens is 323 g/mol. The van der Waals surface area contributed by atoms with Crippen LogP contribution in [0.1, 0.15) is 29.8 Å². The molecular formula is C14H15IN2. The van der Waals surface area contributed by atoms with Crippen LogP contribution in [0.2, 0.25) is 0 Å².